The molecular weight excluding hydrogens is 321 g/mol. The van der Waals surface area contributed by atoms with Gasteiger partial charge in [-0.25, -0.2) is 13.1 Å². The van der Waals surface area contributed by atoms with Crippen LogP contribution in [0.3, 0.4) is 0 Å². The lowest BCUT2D eigenvalue weighted by molar-refractivity contribution is 0.105. The predicted octanol–water partition coefficient (Wildman–Crippen LogP) is 1.19. The van der Waals surface area contributed by atoms with Crippen molar-refractivity contribution < 1.29 is 25.5 Å². The standard InChI is InChI=1S/C12H16FNO5S2/c13-20(15,16)11-4-1-5-12(9-11)21(17,18)14-7-6-10-3-2-8-19-10/h1,4-5,9-10,14H,2-3,6-8H2. The number of hydrogen-bond acceptors (Lipinski definition) is 5. The SMILES string of the molecule is O=S(=O)(F)c1cccc(S(=O)(=O)NCCC2CCCO2)c1. The maximum atomic E-state index is 12.9. The van der Waals surface area contributed by atoms with Crippen molar-refractivity contribution in [1.82, 2.24) is 4.72 Å². The average Bonchev–Trinajstić information content (AvgIpc) is 2.91. The molecule has 0 aliphatic carbocycles. The van der Waals surface area contributed by atoms with Gasteiger partial charge in [0, 0.05) is 13.2 Å². The van der Waals surface area contributed by atoms with Crippen molar-refractivity contribution in [3.8, 4) is 0 Å². The van der Waals surface area contributed by atoms with Crippen LogP contribution in [-0.2, 0) is 25.0 Å². The number of nitrogens with one attached hydrogen (secondary N) is 1. The molecule has 1 aliphatic rings. The Kier molecular flexibility index (Phi) is 4.97. The van der Waals surface area contributed by atoms with Gasteiger partial charge in [0.1, 0.15) is 0 Å². The van der Waals surface area contributed by atoms with E-state index in [2.05, 4.69) is 4.72 Å². The quantitative estimate of drug-likeness (QED) is 0.788. The van der Waals surface area contributed by atoms with E-state index >= 15 is 0 Å². The molecule has 1 heterocycles. The van der Waals surface area contributed by atoms with E-state index in [4.69, 9.17) is 4.74 Å². The first-order valence-corrected chi connectivity index (χ1v) is 9.32. The number of rotatable bonds is 6. The summed E-state index contributed by atoms with van der Waals surface area (Å²) in [6, 6.07) is 4.19. The maximum absolute atomic E-state index is 12.9. The van der Waals surface area contributed by atoms with Gasteiger partial charge in [0.25, 0.3) is 0 Å². The van der Waals surface area contributed by atoms with Crippen molar-refractivity contribution in [2.75, 3.05) is 13.2 Å². The van der Waals surface area contributed by atoms with Gasteiger partial charge >= 0.3 is 10.2 Å². The van der Waals surface area contributed by atoms with Crippen LogP contribution in [0.1, 0.15) is 19.3 Å². The summed E-state index contributed by atoms with van der Waals surface area (Å²) in [7, 11) is -8.80. The minimum atomic E-state index is -4.93. The summed E-state index contributed by atoms with van der Waals surface area (Å²) in [5, 5.41) is 0. The Morgan fingerprint density at radius 1 is 1.24 bits per heavy atom. The van der Waals surface area contributed by atoms with E-state index in [9.17, 15) is 20.7 Å². The van der Waals surface area contributed by atoms with Crippen LogP contribution in [0.5, 0.6) is 0 Å². The summed E-state index contributed by atoms with van der Waals surface area (Å²) in [5.41, 5.74) is 0. The molecule has 2 rings (SSSR count). The van der Waals surface area contributed by atoms with Crippen molar-refractivity contribution in [3.05, 3.63) is 24.3 Å². The molecule has 0 bridgehead atoms. The molecule has 118 valence electrons. The van der Waals surface area contributed by atoms with Gasteiger partial charge in [0.2, 0.25) is 10.0 Å². The lowest BCUT2D eigenvalue weighted by Gasteiger charge is -2.11. The molecule has 1 fully saturated rings. The van der Waals surface area contributed by atoms with Gasteiger partial charge < -0.3 is 4.74 Å². The van der Waals surface area contributed by atoms with Crippen molar-refractivity contribution >= 4 is 20.2 Å². The first-order valence-electron chi connectivity index (χ1n) is 6.45. The molecule has 1 aliphatic heterocycles. The first kappa shape index (κ1) is 16.3. The van der Waals surface area contributed by atoms with Gasteiger partial charge in [-0.3, -0.25) is 0 Å². The molecule has 1 aromatic rings. The second kappa shape index (κ2) is 6.39. The van der Waals surface area contributed by atoms with E-state index in [1.807, 2.05) is 0 Å². The fourth-order valence-corrected chi connectivity index (χ4v) is 3.78. The molecule has 1 atom stereocenters. The van der Waals surface area contributed by atoms with Crippen LogP contribution >= 0.6 is 0 Å². The summed E-state index contributed by atoms with van der Waals surface area (Å²) in [6.45, 7) is 0.868. The molecule has 9 heteroatoms. The topological polar surface area (TPSA) is 89.5 Å². The predicted molar refractivity (Wildman–Crippen MR) is 73.5 cm³/mol. The Bertz CT molecular complexity index is 696. The Hall–Kier alpha value is -1.03. The lowest BCUT2D eigenvalue weighted by Crippen LogP contribution is -2.27. The monoisotopic (exact) mass is 337 g/mol. The number of benzene rings is 1. The minimum absolute atomic E-state index is 0.0465. The van der Waals surface area contributed by atoms with Gasteiger partial charge in [-0.15, -0.1) is 3.89 Å². The van der Waals surface area contributed by atoms with Crippen LogP contribution in [0.2, 0.25) is 0 Å². The smallest absolute Gasteiger partial charge is 0.332 e. The fourth-order valence-electron chi connectivity index (χ4n) is 2.10. The molecule has 1 N–H and O–H groups in total. The molecular formula is C12H16FNO5S2. The normalized spacial score (nSPS) is 19.8. The van der Waals surface area contributed by atoms with Gasteiger partial charge in [-0.1, -0.05) is 6.07 Å². The van der Waals surface area contributed by atoms with Crippen LogP contribution < -0.4 is 4.72 Å². The Morgan fingerprint density at radius 2 is 1.95 bits per heavy atom. The van der Waals surface area contributed by atoms with Gasteiger partial charge in [-0.05, 0) is 37.5 Å². The van der Waals surface area contributed by atoms with Crippen molar-refractivity contribution in [2.45, 2.75) is 35.2 Å². The highest BCUT2D eigenvalue weighted by Gasteiger charge is 2.20. The van der Waals surface area contributed by atoms with Crippen LogP contribution in [-0.4, -0.2) is 36.1 Å². The highest BCUT2D eigenvalue weighted by Crippen LogP contribution is 2.18. The Morgan fingerprint density at radius 3 is 2.57 bits per heavy atom. The minimum Gasteiger partial charge on any atom is -0.378 e. The van der Waals surface area contributed by atoms with Crippen molar-refractivity contribution in [3.63, 3.8) is 0 Å². The van der Waals surface area contributed by atoms with Gasteiger partial charge in [0.05, 0.1) is 15.9 Å². The molecule has 0 spiro atoms. The molecule has 1 aromatic carbocycles. The van der Waals surface area contributed by atoms with E-state index < -0.39 is 25.1 Å². The zero-order valence-electron chi connectivity index (χ0n) is 11.2. The second-order valence-electron chi connectivity index (χ2n) is 4.73. The highest BCUT2D eigenvalue weighted by molar-refractivity contribution is 7.89. The summed E-state index contributed by atoms with van der Waals surface area (Å²) in [4.78, 5) is -0.960. The number of halogens is 1. The van der Waals surface area contributed by atoms with Crippen LogP contribution in [0.4, 0.5) is 3.89 Å². The number of sulfonamides is 1. The Labute approximate surface area is 123 Å². The molecule has 0 amide bonds. The number of hydrogen-bond donors (Lipinski definition) is 1. The molecule has 0 saturated carbocycles. The van der Waals surface area contributed by atoms with Crippen LogP contribution in [0, 0.1) is 0 Å². The second-order valence-corrected chi connectivity index (χ2v) is 7.85. The summed E-state index contributed by atoms with van der Waals surface area (Å²) >= 11 is 0. The third kappa shape index (κ3) is 4.47. The van der Waals surface area contributed by atoms with E-state index in [0.29, 0.717) is 13.0 Å². The molecule has 6 nitrogen and oxygen atoms in total. The molecule has 0 aromatic heterocycles. The third-order valence-corrected chi connectivity index (χ3v) is 5.46. The molecule has 1 unspecified atom stereocenters. The Balaban J connectivity index is 2.05. The van der Waals surface area contributed by atoms with Crippen LogP contribution in [0.25, 0.3) is 0 Å². The fraction of sp³-hybridized carbons (Fsp3) is 0.500. The molecule has 1 saturated heterocycles. The third-order valence-electron chi connectivity index (χ3n) is 3.18. The summed E-state index contributed by atoms with van der Waals surface area (Å²) < 4.78 is 66.3. The van der Waals surface area contributed by atoms with Crippen molar-refractivity contribution in [2.24, 2.45) is 0 Å². The summed E-state index contributed by atoms with van der Waals surface area (Å²) in [5.74, 6) is 0. The van der Waals surface area contributed by atoms with E-state index in [1.165, 1.54) is 12.1 Å². The highest BCUT2D eigenvalue weighted by atomic mass is 32.3. The van der Waals surface area contributed by atoms with E-state index in [-0.39, 0.29) is 17.5 Å². The molecule has 0 radical (unpaired) electrons. The van der Waals surface area contributed by atoms with Gasteiger partial charge in [0.15, 0.2) is 0 Å². The summed E-state index contributed by atoms with van der Waals surface area (Å²) in [6.07, 6.45) is 2.45. The molecule has 21 heavy (non-hydrogen) atoms. The van der Waals surface area contributed by atoms with Gasteiger partial charge in [-0.2, -0.15) is 8.42 Å². The zero-order chi connectivity index (χ0) is 15.5. The van der Waals surface area contributed by atoms with E-state index in [1.54, 1.807) is 0 Å². The average molecular weight is 337 g/mol. The lowest BCUT2D eigenvalue weighted by atomic mass is 10.2. The van der Waals surface area contributed by atoms with Crippen molar-refractivity contribution in [1.29, 1.82) is 0 Å². The number of ether oxygens (including phenoxy) is 1. The maximum Gasteiger partial charge on any atom is 0.332 e. The first-order chi connectivity index (χ1) is 9.79. The van der Waals surface area contributed by atoms with Crippen LogP contribution in [0.15, 0.2) is 34.1 Å². The zero-order valence-corrected chi connectivity index (χ0v) is 12.8. The largest absolute Gasteiger partial charge is 0.378 e. The van der Waals surface area contributed by atoms with E-state index in [0.717, 1.165) is 25.0 Å².